The second-order valence-corrected chi connectivity index (χ2v) is 13.8. The Hall–Kier alpha value is -5.29. The fraction of sp³-hybridized carbons (Fsp3) is 0.214. The molecule has 4 heterocycles. The van der Waals surface area contributed by atoms with Crippen molar-refractivity contribution < 1.29 is 0 Å². The third kappa shape index (κ3) is 2.76. The van der Waals surface area contributed by atoms with E-state index in [9.17, 15) is 0 Å². The maximum absolute atomic E-state index is 5.04. The van der Waals surface area contributed by atoms with E-state index in [4.69, 9.17) is 4.99 Å². The van der Waals surface area contributed by atoms with Crippen molar-refractivity contribution in [2.45, 2.75) is 43.9 Å². The predicted molar refractivity (Wildman–Crippen MR) is 193 cm³/mol. The van der Waals surface area contributed by atoms with Crippen molar-refractivity contribution in [1.82, 2.24) is 0 Å². The summed E-state index contributed by atoms with van der Waals surface area (Å²) < 4.78 is 0. The number of allylic oxidation sites excluding steroid dienone is 1. The van der Waals surface area contributed by atoms with Crippen LogP contribution in [0.15, 0.2) is 150 Å². The van der Waals surface area contributed by atoms with E-state index in [1.807, 2.05) is 7.05 Å². The fourth-order valence-corrected chi connectivity index (χ4v) is 10.7. The third-order valence-corrected chi connectivity index (χ3v) is 12.4. The molecule has 5 aliphatic rings. The van der Waals surface area contributed by atoms with Crippen LogP contribution in [0, 0.1) is 5.41 Å². The van der Waals surface area contributed by atoms with Gasteiger partial charge >= 0.3 is 0 Å². The molecule has 1 saturated carbocycles. The van der Waals surface area contributed by atoms with Gasteiger partial charge < -0.3 is 19.6 Å². The van der Waals surface area contributed by atoms with Gasteiger partial charge in [0.15, 0.2) is 5.84 Å². The number of hydrogen-bond donors (Lipinski definition) is 0. The van der Waals surface area contributed by atoms with Crippen LogP contribution in [0.25, 0.3) is 0 Å². The summed E-state index contributed by atoms with van der Waals surface area (Å²) in [6, 6.07) is 49.3. The molecule has 0 aromatic heterocycles. The van der Waals surface area contributed by atoms with E-state index in [0.29, 0.717) is 0 Å². The Morgan fingerprint density at radius 2 is 1.02 bits per heavy atom. The number of fused-ring (bicyclic) bond motifs is 15. The van der Waals surface area contributed by atoms with Crippen LogP contribution in [0.4, 0.5) is 34.1 Å². The number of hydrogen-bond acceptors (Lipinski definition) is 4. The summed E-state index contributed by atoms with van der Waals surface area (Å²) in [7, 11) is 1.95. The standard InChI is InChI=1S/C42H37N5/c1-5-32-37(43-4)47-33-24-14-12-22-30(33)40(2)41(3,38(47)44(32)28-18-8-6-9-19-28)42(40)31-23-13-15-25-34(31)46-36-27-17-16-26-35(36)45(39(42)46)29-20-10-7-11-21-29/h5-27,38-39H,1-4H3/b32-5+,43-37+. The number of benzene rings is 5. The van der Waals surface area contributed by atoms with E-state index in [1.54, 1.807) is 0 Å². The first-order valence-electron chi connectivity index (χ1n) is 16.7. The molecule has 5 aromatic carbocycles. The minimum Gasteiger partial charge on any atom is -0.317 e. The summed E-state index contributed by atoms with van der Waals surface area (Å²) in [5, 5.41) is 0. The monoisotopic (exact) mass is 611 g/mol. The molecule has 0 N–H and O–H groups in total. The van der Waals surface area contributed by atoms with Crippen molar-refractivity contribution in [2.24, 2.45) is 10.4 Å². The van der Waals surface area contributed by atoms with Gasteiger partial charge in [0.2, 0.25) is 0 Å². The lowest BCUT2D eigenvalue weighted by atomic mass is 9.80. The summed E-state index contributed by atoms with van der Waals surface area (Å²) in [6.07, 6.45) is 2.27. The number of rotatable bonds is 2. The molecule has 230 valence electrons. The highest BCUT2D eigenvalue weighted by Gasteiger charge is 2.94. The van der Waals surface area contributed by atoms with Gasteiger partial charge in [-0.1, -0.05) is 105 Å². The highest BCUT2D eigenvalue weighted by Crippen LogP contribution is 2.89. The van der Waals surface area contributed by atoms with Gasteiger partial charge in [-0.2, -0.15) is 0 Å². The SMILES string of the molecule is C/C=C1\C(=N/C)N2c3ccccc3C3(C)C(C)(C2N1c1ccccc1)C31c2ccccc2N2c3ccccc3N(c3ccccc3)C21. The highest BCUT2D eigenvalue weighted by molar-refractivity contribution is 6.17. The largest absolute Gasteiger partial charge is 0.317 e. The maximum Gasteiger partial charge on any atom is 0.153 e. The molecular formula is C42H37N5. The van der Waals surface area contributed by atoms with Crippen LogP contribution in [-0.4, -0.2) is 25.2 Å². The third-order valence-electron chi connectivity index (χ3n) is 12.4. The van der Waals surface area contributed by atoms with Crippen LogP contribution in [0.5, 0.6) is 0 Å². The Balaban J connectivity index is 1.33. The van der Waals surface area contributed by atoms with Gasteiger partial charge in [-0.25, -0.2) is 0 Å². The fourth-order valence-electron chi connectivity index (χ4n) is 10.7. The van der Waals surface area contributed by atoms with Gasteiger partial charge in [0.25, 0.3) is 0 Å². The number of para-hydroxylation sites is 6. The van der Waals surface area contributed by atoms with Crippen LogP contribution in [0.1, 0.15) is 31.9 Å². The Bertz CT molecular complexity index is 2140. The minimum atomic E-state index is -0.296. The van der Waals surface area contributed by atoms with Gasteiger partial charge in [-0.15, -0.1) is 0 Å². The maximum atomic E-state index is 5.04. The first kappa shape index (κ1) is 26.9. The summed E-state index contributed by atoms with van der Waals surface area (Å²) in [5.41, 5.74) is 10.7. The zero-order valence-corrected chi connectivity index (χ0v) is 27.2. The predicted octanol–water partition coefficient (Wildman–Crippen LogP) is 9.13. The molecule has 0 bridgehead atoms. The average Bonchev–Trinajstić information content (AvgIpc) is 3.51. The number of amidine groups is 1. The molecule has 5 atom stereocenters. The number of nitrogens with zero attached hydrogens (tertiary/aromatic N) is 5. The lowest BCUT2D eigenvalue weighted by Crippen LogP contribution is -2.53. The first-order valence-corrected chi connectivity index (χ1v) is 16.7. The second-order valence-electron chi connectivity index (χ2n) is 13.8. The minimum absolute atomic E-state index is 0.0101. The van der Waals surface area contributed by atoms with E-state index in [1.165, 1.54) is 45.3 Å². The molecule has 5 unspecified atom stereocenters. The molecule has 2 fully saturated rings. The van der Waals surface area contributed by atoms with Crippen molar-refractivity contribution in [3.63, 3.8) is 0 Å². The lowest BCUT2D eigenvalue weighted by Gasteiger charge is -2.44. The second kappa shape index (κ2) is 8.95. The van der Waals surface area contributed by atoms with E-state index in [2.05, 4.69) is 180 Å². The van der Waals surface area contributed by atoms with Crippen LogP contribution in [0.2, 0.25) is 0 Å². The Morgan fingerprint density at radius 1 is 0.532 bits per heavy atom. The summed E-state index contributed by atoms with van der Waals surface area (Å²) in [4.78, 5) is 15.5. The van der Waals surface area contributed by atoms with Gasteiger partial charge in [-0.3, -0.25) is 4.99 Å². The van der Waals surface area contributed by atoms with E-state index < -0.39 is 0 Å². The van der Waals surface area contributed by atoms with Gasteiger partial charge in [0, 0.05) is 40.6 Å². The van der Waals surface area contributed by atoms with Crippen molar-refractivity contribution in [2.75, 3.05) is 26.6 Å². The Kier molecular flexibility index (Phi) is 5.12. The lowest BCUT2D eigenvalue weighted by molar-refractivity contribution is 0.339. The van der Waals surface area contributed by atoms with Crippen molar-refractivity contribution in [3.05, 3.63) is 156 Å². The van der Waals surface area contributed by atoms with Crippen molar-refractivity contribution >= 4 is 40.0 Å². The highest BCUT2D eigenvalue weighted by atomic mass is 15.5. The Morgan fingerprint density at radius 3 is 1.62 bits per heavy atom. The average molecular weight is 612 g/mol. The van der Waals surface area contributed by atoms with E-state index in [0.717, 1.165) is 11.5 Å². The van der Waals surface area contributed by atoms with Crippen LogP contribution < -0.4 is 19.6 Å². The van der Waals surface area contributed by atoms with Crippen molar-refractivity contribution in [1.29, 1.82) is 0 Å². The van der Waals surface area contributed by atoms with Gasteiger partial charge in [0.1, 0.15) is 12.3 Å². The normalized spacial score (nSPS) is 30.7. The topological polar surface area (TPSA) is 25.3 Å². The molecule has 5 heteroatoms. The molecule has 47 heavy (non-hydrogen) atoms. The summed E-state index contributed by atoms with van der Waals surface area (Å²) in [5.74, 6) is 1.02. The van der Waals surface area contributed by atoms with Crippen LogP contribution in [-0.2, 0) is 10.8 Å². The molecule has 5 aromatic rings. The van der Waals surface area contributed by atoms with Gasteiger partial charge in [-0.05, 0) is 66.6 Å². The molecule has 0 amide bonds. The Labute approximate surface area is 276 Å². The number of aliphatic imine (C=N–C) groups is 1. The summed E-state index contributed by atoms with van der Waals surface area (Å²) >= 11 is 0. The molecular weight excluding hydrogens is 574 g/mol. The zero-order chi connectivity index (χ0) is 31.7. The number of anilines is 6. The van der Waals surface area contributed by atoms with Crippen LogP contribution in [0.3, 0.4) is 0 Å². The summed E-state index contributed by atoms with van der Waals surface area (Å²) in [6.45, 7) is 7.30. The molecule has 1 saturated heterocycles. The smallest absolute Gasteiger partial charge is 0.153 e. The quantitative estimate of drug-likeness (QED) is 0.199. The van der Waals surface area contributed by atoms with Crippen LogP contribution >= 0.6 is 0 Å². The molecule has 1 spiro atoms. The van der Waals surface area contributed by atoms with E-state index in [-0.39, 0.29) is 28.6 Å². The van der Waals surface area contributed by atoms with Gasteiger partial charge in [0.05, 0.1) is 22.5 Å². The molecule has 5 nitrogen and oxygen atoms in total. The first-order chi connectivity index (χ1) is 23.1. The molecule has 0 radical (unpaired) electrons. The molecule has 10 rings (SSSR count). The molecule has 1 aliphatic carbocycles. The van der Waals surface area contributed by atoms with Crippen molar-refractivity contribution in [3.8, 4) is 0 Å². The zero-order valence-electron chi connectivity index (χ0n) is 27.2. The van der Waals surface area contributed by atoms with E-state index >= 15 is 0 Å². The molecule has 4 aliphatic heterocycles.